The third kappa shape index (κ3) is 5.05. The second kappa shape index (κ2) is 9.73. The summed E-state index contributed by atoms with van der Waals surface area (Å²) in [7, 11) is 3.04. The Morgan fingerprint density at radius 3 is 2.53 bits per heavy atom. The molecule has 9 heteroatoms. The summed E-state index contributed by atoms with van der Waals surface area (Å²) in [6, 6.07) is 7.51. The Hall–Kier alpha value is -3.62. The van der Waals surface area contributed by atoms with Crippen LogP contribution in [0.1, 0.15) is 17.5 Å². The Morgan fingerprint density at radius 2 is 1.83 bits per heavy atom. The maximum Gasteiger partial charge on any atom is 0.325 e. The molecule has 9 nitrogen and oxygen atoms in total. The normalized spacial score (nSPS) is 15.7. The van der Waals surface area contributed by atoms with Gasteiger partial charge >= 0.3 is 6.03 Å². The number of hydrogen-bond acceptors (Lipinski definition) is 6. The Labute approximate surface area is 174 Å². The summed E-state index contributed by atoms with van der Waals surface area (Å²) in [6.07, 6.45) is 3.93. The zero-order valence-corrected chi connectivity index (χ0v) is 16.9. The lowest BCUT2D eigenvalue weighted by Crippen LogP contribution is -2.37. The Kier molecular flexibility index (Phi) is 6.84. The first-order chi connectivity index (χ1) is 14.5. The van der Waals surface area contributed by atoms with Crippen LogP contribution in [-0.2, 0) is 22.6 Å². The number of carbonyl (C=O) groups excluding carboxylic acids is 3. The van der Waals surface area contributed by atoms with Gasteiger partial charge in [-0.1, -0.05) is 6.07 Å². The van der Waals surface area contributed by atoms with Crippen molar-refractivity contribution in [3.63, 3.8) is 0 Å². The molecule has 0 aliphatic carbocycles. The quantitative estimate of drug-likeness (QED) is 0.600. The average molecular weight is 412 g/mol. The van der Waals surface area contributed by atoms with Crippen molar-refractivity contribution in [1.29, 1.82) is 0 Å². The number of pyridine rings is 1. The van der Waals surface area contributed by atoms with E-state index in [4.69, 9.17) is 9.47 Å². The fourth-order valence-electron chi connectivity index (χ4n) is 3.18. The van der Waals surface area contributed by atoms with E-state index in [2.05, 4.69) is 15.6 Å². The molecule has 0 saturated carbocycles. The van der Waals surface area contributed by atoms with Gasteiger partial charge < -0.3 is 20.1 Å². The topological polar surface area (TPSA) is 110 Å². The molecule has 0 bridgehead atoms. The molecule has 2 aromatic rings. The first-order valence-electron chi connectivity index (χ1n) is 9.50. The van der Waals surface area contributed by atoms with Gasteiger partial charge in [0.15, 0.2) is 11.5 Å². The lowest BCUT2D eigenvalue weighted by Gasteiger charge is -2.15. The van der Waals surface area contributed by atoms with Crippen LogP contribution in [0.3, 0.4) is 0 Å². The van der Waals surface area contributed by atoms with E-state index in [-0.39, 0.29) is 18.9 Å². The number of rotatable bonds is 9. The zero-order chi connectivity index (χ0) is 21.5. The Morgan fingerprint density at radius 1 is 1.10 bits per heavy atom. The number of carbonyl (C=O) groups is 3. The molecular formula is C21H24N4O5. The molecule has 0 radical (unpaired) electrons. The van der Waals surface area contributed by atoms with Gasteiger partial charge in [0, 0.05) is 18.9 Å². The standard InChI is InChI=1S/C21H24N4O5/c1-29-17-4-3-15(11-18(17)30-2)13-25-20(27)16(24-21(25)28)12-19(26)23-10-7-14-5-8-22-9-6-14/h3-6,8-9,11,16H,7,10,12-13H2,1-2H3,(H,23,26)(H,24,28). The second-order valence-electron chi connectivity index (χ2n) is 6.78. The summed E-state index contributed by atoms with van der Waals surface area (Å²) in [5.41, 5.74) is 1.76. The highest BCUT2D eigenvalue weighted by Gasteiger charge is 2.39. The number of urea groups is 1. The molecule has 3 rings (SSSR count). The summed E-state index contributed by atoms with van der Waals surface area (Å²) in [4.78, 5) is 42.1. The van der Waals surface area contributed by atoms with Gasteiger partial charge in [-0.2, -0.15) is 0 Å². The van der Waals surface area contributed by atoms with Crippen LogP contribution < -0.4 is 20.1 Å². The molecule has 1 fully saturated rings. The third-order valence-electron chi connectivity index (χ3n) is 4.77. The van der Waals surface area contributed by atoms with Crippen molar-refractivity contribution in [2.24, 2.45) is 0 Å². The van der Waals surface area contributed by atoms with Gasteiger partial charge in [0.1, 0.15) is 6.04 Å². The molecule has 158 valence electrons. The van der Waals surface area contributed by atoms with E-state index in [0.29, 0.717) is 30.0 Å². The van der Waals surface area contributed by atoms with Crippen LogP contribution in [0.2, 0.25) is 0 Å². The van der Waals surface area contributed by atoms with Gasteiger partial charge in [-0.15, -0.1) is 0 Å². The molecule has 1 aromatic heterocycles. The molecule has 1 saturated heterocycles. The highest BCUT2D eigenvalue weighted by molar-refractivity contribution is 6.05. The van der Waals surface area contributed by atoms with E-state index >= 15 is 0 Å². The average Bonchev–Trinajstić information content (AvgIpc) is 3.01. The number of imide groups is 1. The summed E-state index contributed by atoms with van der Waals surface area (Å²) in [5.74, 6) is 0.335. The number of nitrogens with one attached hydrogen (secondary N) is 2. The molecule has 1 aliphatic heterocycles. The van der Waals surface area contributed by atoms with Crippen molar-refractivity contribution in [2.75, 3.05) is 20.8 Å². The highest BCUT2D eigenvalue weighted by atomic mass is 16.5. The van der Waals surface area contributed by atoms with Gasteiger partial charge in [-0.05, 0) is 41.8 Å². The van der Waals surface area contributed by atoms with E-state index in [1.54, 1.807) is 30.6 Å². The second-order valence-corrected chi connectivity index (χ2v) is 6.78. The van der Waals surface area contributed by atoms with Crippen LogP contribution >= 0.6 is 0 Å². The molecule has 0 spiro atoms. The molecule has 1 atom stereocenters. The predicted molar refractivity (Wildman–Crippen MR) is 108 cm³/mol. The van der Waals surface area contributed by atoms with E-state index in [1.807, 2.05) is 12.1 Å². The van der Waals surface area contributed by atoms with Gasteiger partial charge in [-0.25, -0.2) is 4.79 Å². The largest absolute Gasteiger partial charge is 0.493 e. The zero-order valence-electron chi connectivity index (χ0n) is 16.9. The minimum absolute atomic E-state index is 0.0746. The first-order valence-corrected chi connectivity index (χ1v) is 9.50. The molecule has 2 N–H and O–H groups in total. The number of benzene rings is 1. The fourth-order valence-corrected chi connectivity index (χ4v) is 3.18. The number of hydrogen-bond donors (Lipinski definition) is 2. The van der Waals surface area contributed by atoms with Crippen molar-refractivity contribution in [1.82, 2.24) is 20.5 Å². The van der Waals surface area contributed by atoms with Crippen LogP contribution in [0.5, 0.6) is 11.5 Å². The first kappa shape index (κ1) is 21.1. The summed E-state index contributed by atoms with van der Waals surface area (Å²) < 4.78 is 10.4. The molecule has 1 unspecified atom stereocenters. The van der Waals surface area contributed by atoms with E-state index in [9.17, 15) is 14.4 Å². The monoisotopic (exact) mass is 412 g/mol. The summed E-state index contributed by atoms with van der Waals surface area (Å²) in [6.45, 7) is 0.512. The maximum atomic E-state index is 12.6. The Bertz CT molecular complexity index is 919. The van der Waals surface area contributed by atoms with Crippen molar-refractivity contribution in [3.05, 3.63) is 53.9 Å². The molecular weight excluding hydrogens is 388 g/mol. The molecule has 30 heavy (non-hydrogen) atoms. The van der Waals surface area contributed by atoms with Gasteiger partial charge in [0.25, 0.3) is 5.91 Å². The SMILES string of the molecule is COc1ccc(CN2C(=O)NC(CC(=O)NCCc3ccncc3)C2=O)cc1OC. The number of ether oxygens (including phenoxy) is 2. The lowest BCUT2D eigenvalue weighted by molar-refractivity contribution is -0.131. The molecule has 2 heterocycles. The minimum Gasteiger partial charge on any atom is -0.493 e. The van der Waals surface area contributed by atoms with Crippen LogP contribution in [-0.4, -0.2) is 54.5 Å². The number of nitrogens with zero attached hydrogens (tertiary/aromatic N) is 2. The van der Waals surface area contributed by atoms with E-state index in [1.165, 1.54) is 14.2 Å². The Balaban J connectivity index is 1.53. The van der Waals surface area contributed by atoms with Crippen LogP contribution in [0.4, 0.5) is 4.79 Å². The van der Waals surface area contributed by atoms with Gasteiger partial charge in [0.05, 0.1) is 27.2 Å². The number of aromatic nitrogens is 1. The van der Waals surface area contributed by atoms with E-state index < -0.39 is 18.0 Å². The molecule has 1 aromatic carbocycles. The van der Waals surface area contributed by atoms with Crippen LogP contribution in [0.25, 0.3) is 0 Å². The van der Waals surface area contributed by atoms with Crippen LogP contribution in [0, 0.1) is 0 Å². The molecule has 1 aliphatic rings. The lowest BCUT2D eigenvalue weighted by atomic mass is 10.1. The number of amides is 4. The van der Waals surface area contributed by atoms with Gasteiger partial charge in [0.2, 0.25) is 5.91 Å². The predicted octanol–water partition coefficient (Wildman–Crippen LogP) is 1.27. The maximum absolute atomic E-state index is 12.6. The highest BCUT2D eigenvalue weighted by Crippen LogP contribution is 2.28. The van der Waals surface area contributed by atoms with Crippen molar-refractivity contribution in [2.45, 2.75) is 25.4 Å². The smallest absolute Gasteiger partial charge is 0.325 e. The van der Waals surface area contributed by atoms with Crippen LogP contribution in [0.15, 0.2) is 42.7 Å². The van der Waals surface area contributed by atoms with Crippen molar-refractivity contribution in [3.8, 4) is 11.5 Å². The van der Waals surface area contributed by atoms with E-state index in [0.717, 1.165) is 10.5 Å². The fraction of sp³-hybridized carbons (Fsp3) is 0.333. The summed E-state index contributed by atoms with van der Waals surface area (Å²) in [5, 5.41) is 5.35. The van der Waals surface area contributed by atoms with Crippen molar-refractivity contribution < 1.29 is 23.9 Å². The van der Waals surface area contributed by atoms with Gasteiger partial charge in [-0.3, -0.25) is 19.5 Å². The summed E-state index contributed by atoms with van der Waals surface area (Å²) >= 11 is 0. The molecule has 4 amide bonds. The van der Waals surface area contributed by atoms with Crippen molar-refractivity contribution >= 4 is 17.8 Å². The number of methoxy groups -OCH3 is 2. The third-order valence-corrected chi connectivity index (χ3v) is 4.77. The minimum atomic E-state index is -0.876.